The molecule has 17 heavy (non-hydrogen) atoms. The SMILES string of the molecule is CN1CC(Oc2ccc(C3(O)CC3)cc2Br)C1. The molecule has 0 unspecified atom stereocenters. The average Bonchev–Trinajstić information content (AvgIpc) is 2.98. The van der Waals surface area contributed by atoms with Crippen LogP contribution in [0.25, 0.3) is 0 Å². The summed E-state index contributed by atoms with van der Waals surface area (Å²) in [6, 6.07) is 5.90. The Labute approximate surface area is 110 Å². The molecular weight excluding hydrogens is 282 g/mol. The lowest BCUT2D eigenvalue weighted by atomic mass is 10.1. The van der Waals surface area contributed by atoms with E-state index in [1.54, 1.807) is 0 Å². The van der Waals surface area contributed by atoms with E-state index in [0.29, 0.717) is 6.10 Å². The lowest BCUT2D eigenvalue weighted by molar-refractivity contribution is 0.0382. The number of ether oxygens (including phenoxy) is 1. The predicted octanol–water partition coefficient (Wildman–Crippen LogP) is 2.12. The average molecular weight is 298 g/mol. The molecule has 1 aliphatic carbocycles. The highest BCUT2D eigenvalue weighted by atomic mass is 79.9. The minimum atomic E-state index is -0.572. The maximum Gasteiger partial charge on any atom is 0.134 e. The van der Waals surface area contributed by atoms with E-state index in [0.717, 1.165) is 41.7 Å². The number of likely N-dealkylation sites (N-methyl/N-ethyl adjacent to an activating group) is 1. The molecule has 1 aliphatic heterocycles. The molecule has 1 aromatic carbocycles. The van der Waals surface area contributed by atoms with Gasteiger partial charge in [0.05, 0.1) is 10.1 Å². The van der Waals surface area contributed by atoms with E-state index in [2.05, 4.69) is 27.9 Å². The molecule has 0 radical (unpaired) electrons. The van der Waals surface area contributed by atoms with E-state index < -0.39 is 5.60 Å². The zero-order valence-electron chi connectivity index (χ0n) is 9.82. The van der Waals surface area contributed by atoms with Crippen LogP contribution in [0.15, 0.2) is 22.7 Å². The van der Waals surface area contributed by atoms with Crippen molar-refractivity contribution >= 4 is 15.9 Å². The van der Waals surface area contributed by atoms with Crippen molar-refractivity contribution in [1.29, 1.82) is 0 Å². The van der Waals surface area contributed by atoms with Crippen molar-refractivity contribution in [3.8, 4) is 5.75 Å². The first-order chi connectivity index (χ1) is 8.07. The molecule has 1 saturated heterocycles. The normalized spacial score (nSPS) is 23.2. The van der Waals surface area contributed by atoms with Crippen LogP contribution >= 0.6 is 15.9 Å². The number of halogens is 1. The first-order valence-electron chi connectivity index (χ1n) is 5.94. The van der Waals surface area contributed by atoms with Crippen LogP contribution in [0.4, 0.5) is 0 Å². The lowest BCUT2D eigenvalue weighted by Gasteiger charge is -2.36. The zero-order chi connectivity index (χ0) is 12.0. The quantitative estimate of drug-likeness (QED) is 0.928. The van der Waals surface area contributed by atoms with E-state index in [-0.39, 0.29) is 0 Å². The summed E-state index contributed by atoms with van der Waals surface area (Å²) in [5.41, 5.74) is 0.417. The third-order valence-electron chi connectivity index (χ3n) is 3.52. The van der Waals surface area contributed by atoms with Crippen LogP contribution in [0.1, 0.15) is 18.4 Å². The van der Waals surface area contributed by atoms with Crippen LogP contribution in [-0.2, 0) is 5.60 Å². The van der Waals surface area contributed by atoms with Crippen LogP contribution in [0.3, 0.4) is 0 Å². The maximum absolute atomic E-state index is 10.0. The van der Waals surface area contributed by atoms with Crippen molar-refractivity contribution in [2.45, 2.75) is 24.5 Å². The molecule has 1 heterocycles. The molecule has 2 aliphatic rings. The lowest BCUT2D eigenvalue weighted by Crippen LogP contribution is -2.51. The van der Waals surface area contributed by atoms with E-state index in [4.69, 9.17) is 4.74 Å². The molecule has 0 atom stereocenters. The highest BCUT2D eigenvalue weighted by Gasteiger charge is 2.42. The van der Waals surface area contributed by atoms with Gasteiger partial charge in [-0.15, -0.1) is 0 Å². The highest BCUT2D eigenvalue weighted by Crippen LogP contribution is 2.46. The van der Waals surface area contributed by atoms with Crippen molar-refractivity contribution in [1.82, 2.24) is 4.90 Å². The molecule has 3 rings (SSSR count). The number of hydrogen-bond acceptors (Lipinski definition) is 3. The molecule has 0 amide bonds. The van der Waals surface area contributed by atoms with Gasteiger partial charge >= 0.3 is 0 Å². The summed E-state index contributed by atoms with van der Waals surface area (Å²) in [5.74, 6) is 0.871. The Hall–Kier alpha value is -0.580. The highest BCUT2D eigenvalue weighted by molar-refractivity contribution is 9.10. The Balaban J connectivity index is 1.73. The van der Waals surface area contributed by atoms with Gasteiger partial charge in [-0.25, -0.2) is 0 Å². The minimum absolute atomic E-state index is 0.297. The summed E-state index contributed by atoms with van der Waals surface area (Å²) >= 11 is 3.51. The van der Waals surface area contributed by atoms with Gasteiger partial charge in [-0.05, 0) is 53.5 Å². The van der Waals surface area contributed by atoms with E-state index >= 15 is 0 Å². The fourth-order valence-corrected chi connectivity index (χ4v) is 2.66. The monoisotopic (exact) mass is 297 g/mol. The Morgan fingerprint density at radius 2 is 2.12 bits per heavy atom. The van der Waals surface area contributed by atoms with E-state index in [9.17, 15) is 5.11 Å². The van der Waals surface area contributed by atoms with Gasteiger partial charge in [0.25, 0.3) is 0 Å². The van der Waals surface area contributed by atoms with Gasteiger partial charge in [0.1, 0.15) is 11.9 Å². The third kappa shape index (κ3) is 2.21. The fourth-order valence-electron chi connectivity index (χ4n) is 2.19. The summed E-state index contributed by atoms with van der Waals surface area (Å²) in [5, 5.41) is 10.0. The summed E-state index contributed by atoms with van der Waals surface area (Å²) in [6.07, 6.45) is 2.03. The largest absolute Gasteiger partial charge is 0.487 e. The third-order valence-corrected chi connectivity index (χ3v) is 4.14. The number of rotatable bonds is 3. The molecule has 0 aromatic heterocycles. The second-order valence-corrected chi connectivity index (χ2v) is 5.99. The minimum Gasteiger partial charge on any atom is -0.487 e. The number of benzene rings is 1. The van der Waals surface area contributed by atoms with Crippen LogP contribution in [0, 0.1) is 0 Å². The number of nitrogens with zero attached hydrogens (tertiary/aromatic N) is 1. The summed E-state index contributed by atoms with van der Waals surface area (Å²) in [7, 11) is 2.08. The second kappa shape index (κ2) is 3.97. The summed E-state index contributed by atoms with van der Waals surface area (Å²) in [4.78, 5) is 2.22. The Morgan fingerprint density at radius 3 is 2.65 bits per heavy atom. The Morgan fingerprint density at radius 1 is 1.41 bits per heavy atom. The zero-order valence-corrected chi connectivity index (χ0v) is 11.4. The van der Waals surface area contributed by atoms with Crippen LogP contribution < -0.4 is 4.74 Å². The van der Waals surface area contributed by atoms with Crippen LogP contribution in [-0.4, -0.2) is 36.2 Å². The molecule has 1 N–H and O–H groups in total. The molecule has 0 spiro atoms. The van der Waals surface area contributed by atoms with E-state index in [1.165, 1.54) is 0 Å². The van der Waals surface area contributed by atoms with Gasteiger partial charge < -0.3 is 9.84 Å². The van der Waals surface area contributed by atoms with Crippen LogP contribution in [0.2, 0.25) is 0 Å². The summed E-state index contributed by atoms with van der Waals surface area (Å²) < 4.78 is 6.80. The molecule has 4 heteroatoms. The second-order valence-electron chi connectivity index (χ2n) is 5.14. The van der Waals surface area contributed by atoms with Gasteiger partial charge in [-0.2, -0.15) is 0 Å². The molecule has 1 aromatic rings. The maximum atomic E-state index is 10.0. The number of likely N-dealkylation sites (tertiary alicyclic amines) is 1. The fraction of sp³-hybridized carbons (Fsp3) is 0.538. The van der Waals surface area contributed by atoms with Gasteiger partial charge in [-0.1, -0.05) is 6.07 Å². The van der Waals surface area contributed by atoms with E-state index in [1.807, 2.05) is 18.2 Å². The smallest absolute Gasteiger partial charge is 0.134 e. The van der Waals surface area contributed by atoms with Gasteiger partial charge in [0.2, 0.25) is 0 Å². The van der Waals surface area contributed by atoms with Crippen molar-refractivity contribution in [3.63, 3.8) is 0 Å². The van der Waals surface area contributed by atoms with Gasteiger partial charge in [-0.3, -0.25) is 4.90 Å². The van der Waals surface area contributed by atoms with Gasteiger partial charge in [0.15, 0.2) is 0 Å². The molecule has 2 fully saturated rings. The standard InChI is InChI=1S/C13H16BrNO2/c1-15-7-10(8-15)17-12-3-2-9(6-11(12)14)13(16)4-5-13/h2-3,6,10,16H,4-5,7-8H2,1H3. The molecule has 92 valence electrons. The number of hydrogen-bond donors (Lipinski definition) is 1. The van der Waals surface area contributed by atoms with Crippen molar-refractivity contribution < 1.29 is 9.84 Å². The Kier molecular flexibility index (Phi) is 2.69. The topological polar surface area (TPSA) is 32.7 Å². The molecular formula is C13H16BrNO2. The van der Waals surface area contributed by atoms with Crippen molar-refractivity contribution in [2.75, 3.05) is 20.1 Å². The summed E-state index contributed by atoms with van der Waals surface area (Å²) in [6.45, 7) is 1.97. The van der Waals surface area contributed by atoms with Crippen molar-refractivity contribution in [2.24, 2.45) is 0 Å². The van der Waals surface area contributed by atoms with Crippen LogP contribution in [0.5, 0.6) is 5.75 Å². The molecule has 3 nitrogen and oxygen atoms in total. The molecule has 1 saturated carbocycles. The molecule has 0 bridgehead atoms. The Bertz CT molecular complexity index is 439. The predicted molar refractivity (Wildman–Crippen MR) is 69.2 cm³/mol. The van der Waals surface area contributed by atoms with Gasteiger partial charge in [0, 0.05) is 13.1 Å². The first-order valence-corrected chi connectivity index (χ1v) is 6.74. The number of aliphatic hydroxyl groups is 1. The van der Waals surface area contributed by atoms with Crippen molar-refractivity contribution in [3.05, 3.63) is 28.2 Å². The first kappa shape index (κ1) is 11.5.